The minimum absolute atomic E-state index is 0.0551. The Morgan fingerprint density at radius 3 is 2.72 bits per heavy atom. The molecule has 2 nitrogen and oxygen atoms in total. The second-order valence-corrected chi connectivity index (χ2v) is 4.75. The predicted octanol–water partition coefficient (Wildman–Crippen LogP) is 3.42. The van der Waals surface area contributed by atoms with Gasteiger partial charge in [-0.3, -0.25) is 4.79 Å². The number of carbonyl (C=O) groups is 1. The first kappa shape index (κ1) is 12.9. The fourth-order valence-corrected chi connectivity index (χ4v) is 2.31. The van der Waals surface area contributed by atoms with E-state index in [0.717, 1.165) is 6.07 Å². The quantitative estimate of drug-likeness (QED) is 0.651. The Balaban J connectivity index is 2.18. The van der Waals surface area contributed by atoms with E-state index in [4.69, 9.17) is 5.73 Å². The van der Waals surface area contributed by atoms with E-state index in [2.05, 4.69) is 0 Å². The molecule has 1 saturated carbocycles. The number of halogens is 3. The van der Waals surface area contributed by atoms with Gasteiger partial charge in [0, 0.05) is 24.3 Å². The van der Waals surface area contributed by atoms with Crippen LogP contribution in [-0.4, -0.2) is 11.7 Å². The summed E-state index contributed by atoms with van der Waals surface area (Å²) >= 11 is 0. The molecule has 2 N–H and O–H groups in total. The third-order valence-electron chi connectivity index (χ3n) is 3.30. The summed E-state index contributed by atoms with van der Waals surface area (Å²) in [5.41, 5.74) is 5.36. The molecule has 0 aliphatic heterocycles. The van der Waals surface area contributed by atoms with Gasteiger partial charge in [-0.2, -0.15) is 0 Å². The topological polar surface area (TPSA) is 43.1 Å². The summed E-state index contributed by atoms with van der Waals surface area (Å²) < 4.78 is 39.7. The SMILES string of the molecule is Nc1ccc(C(=O)C2CCCC(F)(F)C2)cc1F. The van der Waals surface area contributed by atoms with Crippen molar-refractivity contribution in [2.75, 3.05) is 5.73 Å². The molecule has 0 aromatic heterocycles. The minimum atomic E-state index is -2.79. The molecular weight excluding hydrogens is 243 g/mol. The molecule has 1 fully saturated rings. The smallest absolute Gasteiger partial charge is 0.248 e. The Bertz CT molecular complexity index is 473. The highest BCUT2D eigenvalue weighted by Crippen LogP contribution is 2.38. The first-order chi connectivity index (χ1) is 8.39. The molecule has 1 unspecified atom stereocenters. The standard InChI is InChI=1S/C13H14F3NO/c14-10-6-8(3-4-11(10)17)12(18)9-2-1-5-13(15,16)7-9/h3-4,6,9H,1-2,5,7,17H2. The molecule has 98 valence electrons. The summed E-state index contributed by atoms with van der Waals surface area (Å²) in [6, 6.07) is 3.68. The molecule has 0 heterocycles. The Morgan fingerprint density at radius 2 is 2.11 bits per heavy atom. The molecule has 0 amide bonds. The van der Waals surface area contributed by atoms with Crippen molar-refractivity contribution < 1.29 is 18.0 Å². The predicted molar refractivity (Wildman–Crippen MR) is 62.0 cm³/mol. The first-order valence-electron chi connectivity index (χ1n) is 5.86. The van der Waals surface area contributed by atoms with Crippen LogP contribution in [0.2, 0.25) is 0 Å². The zero-order valence-electron chi connectivity index (χ0n) is 9.76. The number of Topliss-reactive ketones (excluding diaryl/α,β-unsaturated/α-hetero) is 1. The van der Waals surface area contributed by atoms with Crippen molar-refractivity contribution in [2.24, 2.45) is 5.92 Å². The van der Waals surface area contributed by atoms with Crippen molar-refractivity contribution in [3.63, 3.8) is 0 Å². The van der Waals surface area contributed by atoms with Crippen LogP contribution in [0.25, 0.3) is 0 Å². The van der Waals surface area contributed by atoms with Crippen LogP contribution in [0.1, 0.15) is 36.0 Å². The van der Waals surface area contributed by atoms with E-state index in [0.29, 0.717) is 12.8 Å². The third kappa shape index (κ3) is 2.66. The lowest BCUT2D eigenvalue weighted by Crippen LogP contribution is -2.30. The van der Waals surface area contributed by atoms with Gasteiger partial charge >= 0.3 is 0 Å². The van der Waals surface area contributed by atoms with Gasteiger partial charge in [-0.15, -0.1) is 0 Å². The summed E-state index contributed by atoms with van der Waals surface area (Å²) in [6.45, 7) is 0. The number of rotatable bonds is 2. The highest BCUT2D eigenvalue weighted by Gasteiger charge is 2.39. The monoisotopic (exact) mass is 257 g/mol. The van der Waals surface area contributed by atoms with Crippen molar-refractivity contribution >= 4 is 11.5 Å². The van der Waals surface area contributed by atoms with Crippen molar-refractivity contribution in [3.8, 4) is 0 Å². The Labute approximate surface area is 103 Å². The molecular formula is C13H14F3NO. The van der Waals surface area contributed by atoms with Gasteiger partial charge in [0.25, 0.3) is 0 Å². The highest BCUT2D eigenvalue weighted by molar-refractivity contribution is 5.98. The second-order valence-electron chi connectivity index (χ2n) is 4.75. The minimum Gasteiger partial charge on any atom is -0.396 e. The third-order valence-corrected chi connectivity index (χ3v) is 3.30. The maximum Gasteiger partial charge on any atom is 0.248 e. The van der Waals surface area contributed by atoms with Crippen molar-refractivity contribution in [1.82, 2.24) is 0 Å². The maximum atomic E-state index is 13.2. The lowest BCUT2D eigenvalue weighted by molar-refractivity contribution is -0.0477. The van der Waals surface area contributed by atoms with Crippen LogP contribution >= 0.6 is 0 Å². The van der Waals surface area contributed by atoms with Gasteiger partial charge < -0.3 is 5.73 Å². The van der Waals surface area contributed by atoms with Gasteiger partial charge in [0.1, 0.15) is 5.82 Å². The van der Waals surface area contributed by atoms with Crippen molar-refractivity contribution in [2.45, 2.75) is 31.6 Å². The second kappa shape index (κ2) is 4.63. The molecule has 2 rings (SSSR count). The lowest BCUT2D eigenvalue weighted by atomic mass is 9.82. The van der Waals surface area contributed by atoms with Crippen molar-refractivity contribution in [3.05, 3.63) is 29.6 Å². The summed E-state index contributed by atoms with van der Waals surface area (Å²) in [7, 11) is 0. The zero-order chi connectivity index (χ0) is 13.3. The Hall–Kier alpha value is -1.52. The number of alkyl halides is 2. The molecule has 0 radical (unpaired) electrons. The number of ketones is 1. The first-order valence-corrected chi connectivity index (χ1v) is 5.86. The highest BCUT2D eigenvalue weighted by atomic mass is 19.3. The average molecular weight is 257 g/mol. The van der Waals surface area contributed by atoms with Crippen LogP contribution in [-0.2, 0) is 0 Å². The largest absolute Gasteiger partial charge is 0.396 e. The van der Waals surface area contributed by atoms with Crippen LogP contribution in [0.5, 0.6) is 0 Å². The van der Waals surface area contributed by atoms with Gasteiger partial charge in [0.05, 0.1) is 5.69 Å². The molecule has 0 bridgehead atoms. The number of anilines is 1. The van der Waals surface area contributed by atoms with Gasteiger partial charge in [-0.25, -0.2) is 13.2 Å². The number of hydrogen-bond acceptors (Lipinski definition) is 2. The molecule has 1 atom stereocenters. The van der Waals surface area contributed by atoms with Gasteiger partial charge in [-0.1, -0.05) is 0 Å². The van der Waals surface area contributed by atoms with E-state index in [1.54, 1.807) is 0 Å². The van der Waals surface area contributed by atoms with E-state index in [1.165, 1.54) is 12.1 Å². The fourth-order valence-electron chi connectivity index (χ4n) is 2.31. The number of carbonyl (C=O) groups excluding carboxylic acids is 1. The van der Waals surface area contributed by atoms with Crippen LogP contribution in [0.3, 0.4) is 0 Å². The molecule has 1 aromatic carbocycles. The number of benzene rings is 1. The molecule has 0 spiro atoms. The molecule has 1 aromatic rings. The summed E-state index contributed by atoms with van der Waals surface area (Å²) in [5.74, 6) is -4.63. The Morgan fingerprint density at radius 1 is 1.39 bits per heavy atom. The van der Waals surface area contributed by atoms with Crippen LogP contribution in [0.15, 0.2) is 18.2 Å². The van der Waals surface area contributed by atoms with E-state index >= 15 is 0 Å². The van der Waals surface area contributed by atoms with Gasteiger partial charge in [0.15, 0.2) is 5.78 Å². The van der Waals surface area contributed by atoms with E-state index < -0.39 is 29.9 Å². The van der Waals surface area contributed by atoms with Gasteiger partial charge in [0.2, 0.25) is 5.92 Å². The van der Waals surface area contributed by atoms with E-state index in [9.17, 15) is 18.0 Å². The number of hydrogen-bond donors (Lipinski definition) is 1. The van der Waals surface area contributed by atoms with Crippen LogP contribution < -0.4 is 5.73 Å². The summed E-state index contributed by atoms with van der Waals surface area (Å²) in [4.78, 5) is 12.0. The molecule has 5 heteroatoms. The summed E-state index contributed by atoms with van der Waals surface area (Å²) in [6.07, 6.45) is 0.131. The molecule has 1 aliphatic carbocycles. The fraction of sp³-hybridized carbons (Fsp3) is 0.462. The molecule has 1 aliphatic rings. The lowest BCUT2D eigenvalue weighted by Gasteiger charge is -2.27. The summed E-state index contributed by atoms with van der Waals surface area (Å²) in [5, 5.41) is 0. The molecule has 18 heavy (non-hydrogen) atoms. The van der Waals surface area contributed by atoms with Crippen LogP contribution in [0.4, 0.5) is 18.9 Å². The Kier molecular flexibility index (Phi) is 3.32. The normalized spacial score (nSPS) is 22.7. The average Bonchev–Trinajstić information content (AvgIpc) is 2.30. The van der Waals surface area contributed by atoms with Gasteiger partial charge in [-0.05, 0) is 31.0 Å². The zero-order valence-corrected chi connectivity index (χ0v) is 9.76. The number of nitrogens with two attached hydrogens (primary N) is 1. The molecule has 0 saturated heterocycles. The van der Waals surface area contributed by atoms with E-state index in [1.807, 2.05) is 0 Å². The van der Waals surface area contributed by atoms with E-state index in [-0.39, 0.29) is 17.7 Å². The van der Waals surface area contributed by atoms with Crippen molar-refractivity contribution in [1.29, 1.82) is 0 Å². The number of nitrogen functional groups attached to an aromatic ring is 1. The van der Waals surface area contributed by atoms with Crippen LogP contribution in [0, 0.1) is 11.7 Å². The maximum absolute atomic E-state index is 13.2.